The molecule has 1 saturated carbocycles. The highest BCUT2D eigenvalue weighted by atomic mass is 32.2. The number of nitrogens with zero attached hydrogens (tertiary/aromatic N) is 2. The van der Waals surface area contributed by atoms with Crippen LogP contribution in [0.25, 0.3) is 10.2 Å². The Morgan fingerprint density at radius 1 is 1.18 bits per heavy atom. The number of hydrogen-bond donors (Lipinski definition) is 0. The van der Waals surface area contributed by atoms with E-state index >= 15 is 0 Å². The lowest BCUT2D eigenvalue weighted by atomic mass is 9.97. The minimum absolute atomic E-state index is 0.00607. The van der Waals surface area contributed by atoms with Gasteiger partial charge in [-0.25, -0.2) is 4.98 Å². The van der Waals surface area contributed by atoms with Crippen molar-refractivity contribution >= 4 is 39.1 Å². The van der Waals surface area contributed by atoms with E-state index in [4.69, 9.17) is 9.40 Å². The van der Waals surface area contributed by atoms with E-state index in [1.165, 1.54) is 28.6 Å². The predicted molar refractivity (Wildman–Crippen MR) is 111 cm³/mol. The third-order valence-corrected chi connectivity index (χ3v) is 8.17. The summed E-state index contributed by atoms with van der Waals surface area (Å²) < 4.78 is 7.22. The first-order chi connectivity index (χ1) is 13.7. The number of aryl methyl sites for hydroxylation is 2. The molecule has 3 aromatic rings. The van der Waals surface area contributed by atoms with Gasteiger partial charge in [-0.3, -0.25) is 14.2 Å². The Labute approximate surface area is 171 Å². The second-order valence-corrected chi connectivity index (χ2v) is 9.83. The molecule has 7 heteroatoms. The van der Waals surface area contributed by atoms with Gasteiger partial charge in [-0.2, -0.15) is 0 Å². The number of fused-ring (bicyclic) bond motifs is 3. The number of thioether (sulfide) groups is 1. The Morgan fingerprint density at radius 3 is 2.86 bits per heavy atom. The molecule has 2 aliphatic rings. The molecule has 3 aromatic heterocycles. The summed E-state index contributed by atoms with van der Waals surface area (Å²) in [6.45, 7) is 0.350. The lowest BCUT2D eigenvalue weighted by Crippen LogP contribution is -2.27. The first-order valence-electron chi connectivity index (χ1n) is 9.97. The van der Waals surface area contributed by atoms with Crippen molar-refractivity contribution in [2.45, 2.75) is 68.3 Å². The topological polar surface area (TPSA) is 65.1 Å². The maximum Gasteiger partial charge on any atom is 0.263 e. The first kappa shape index (κ1) is 18.2. The second-order valence-electron chi connectivity index (χ2n) is 7.57. The van der Waals surface area contributed by atoms with Crippen LogP contribution in [0.1, 0.15) is 54.7 Å². The molecule has 28 heavy (non-hydrogen) atoms. The maximum atomic E-state index is 13.5. The summed E-state index contributed by atoms with van der Waals surface area (Å²) in [5, 5.41) is 1.33. The highest BCUT2D eigenvalue weighted by Crippen LogP contribution is 2.36. The van der Waals surface area contributed by atoms with Gasteiger partial charge in [0.1, 0.15) is 16.4 Å². The molecule has 0 unspecified atom stereocenters. The molecular weight excluding hydrogens is 392 g/mol. The van der Waals surface area contributed by atoms with Crippen LogP contribution >= 0.6 is 23.1 Å². The number of furan rings is 1. The summed E-state index contributed by atoms with van der Waals surface area (Å²) in [5.41, 5.74) is 1.20. The van der Waals surface area contributed by atoms with E-state index in [9.17, 15) is 9.59 Å². The van der Waals surface area contributed by atoms with Crippen LogP contribution in [0.3, 0.4) is 0 Å². The van der Waals surface area contributed by atoms with E-state index in [-0.39, 0.29) is 16.6 Å². The minimum atomic E-state index is -0.101. The van der Waals surface area contributed by atoms with Crippen molar-refractivity contribution in [2.75, 3.05) is 0 Å². The van der Waals surface area contributed by atoms with Gasteiger partial charge in [0.25, 0.3) is 5.56 Å². The van der Waals surface area contributed by atoms with Crippen molar-refractivity contribution in [2.24, 2.45) is 0 Å². The zero-order chi connectivity index (χ0) is 19.1. The van der Waals surface area contributed by atoms with Crippen LogP contribution < -0.4 is 5.56 Å². The fourth-order valence-corrected chi connectivity index (χ4v) is 6.73. The lowest BCUT2D eigenvalue weighted by molar-refractivity contribution is -0.119. The Kier molecular flexibility index (Phi) is 4.88. The van der Waals surface area contributed by atoms with Gasteiger partial charge in [0.2, 0.25) is 0 Å². The molecular formula is C21H22N2O3S2. The molecule has 0 spiro atoms. The van der Waals surface area contributed by atoms with Gasteiger partial charge in [-0.15, -0.1) is 11.3 Å². The normalized spacial score (nSPS) is 19.9. The van der Waals surface area contributed by atoms with E-state index in [1.54, 1.807) is 22.2 Å². The first-order valence-corrected chi connectivity index (χ1v) is 11.7. The van der Waals surface area contributed by atoms with Crippen LogP contribution in [-0.2, 0) is 24.2 Å². The molecule has 0 aliphatic heterocycles. The molecule has 5 rings (SSSR count). The number of ketones is 1. The zero-order valence-corrected chi connectivity index (χ0v) is 17.2. The number of hydrogen-bond acceptors (Lipinski definition) is 6. The highest BCUT2D eigenvalue weighted by Gasteiger charge is 2.27. The molecule has 3 heterocycles. The number of rotatable bonds is 4. The molecule has 0 amide bonds. The Bertz CT molecular complexity index is 1080. The van der Waals surface area contributed by atoms with Gasteiger partial charge in [0.15, 0.2) is 5.16 Å². The molecule has 0 bridgehead atoms. The van der Waals surface area contributed by atoms with Crippen molar-refractivity contribution < 1.29 is 9.21 Å². The van der Waals surface area contributed by atoms with Crippen molar-refractivity contribution in [3.63, 3.8) is 0 Å². The largest absolute Gasteiger partial charge is 0.467 e. The third-order valence-electron chi connectivity index (χ3n) is 5.68. The van der Waals surface area contributed by atoms with E-state index in [0.29, 0.717) is 18.1 Å². The number of Topliss-reactive ketones (excluding diaryl/α,β-unsaturated/α-hetero) is 1. The van der Waals surface area contributed by atoms with Crippen LogP contribution in [-0.4, -0.2) is 20.6 Å². The zero-order valence-electron chi connectivity index (χ0n) is 15.6. The van der Waals surface area contributed by atoms with Gasteiger partial charge in [-0.05, 0) is 56.2 Å². The lowest BCUT2D eigenvalue weighted by Gasteiger charge is -2.21. The fourth-order valence-electron chi connectivity index (χ4n) is 4.21. The SMILES string of the molecule is O=C1CCCC[C@@H]1Sc1nc2sc3c(c2c(=O)n1Cc1ccco1)CCCC3. The van der Waals surface area contributed by atoms with Crippen LogP contribution in [0, 0.1) is 0 Å². The summed E-state index contributed by atoms with van der Waals surface area (Å²) in [5.74, 6) is 1.00. The monoisotopic (exact) mass is 414 g/mol. The fraction of sp³-hybridized carbons (Fsp3) is 0.476. The van der Waals surface area contributed by atoms with Crippen molar-refractivity contribution in [3.8, 4) is 0 Å². The molecule has 146 valence electrons. The standard InChI is InChI=1S/C21H22N2O3S2/c24-15-8-2-4-10-17(15)28-21-22-19-18(14-7-1-3-9-16(14)27-19)20(25)23(21)12-13-6-5-11-26-13/h5-6,11,17H,1-4,7-10,12H2/t17-/m0/s1. The van der Waals surface area contributed by atoms with Crippen molar-refractivity contribution in [1.82, 2.24) is 9.55 Å². The van der Waals surface area contributed by atoms with Gasteiger partial charge in [-0.1, -0.05) is 18.2 Å². The summed E-state index contributed by atoms with van der Waals surface area (Å²) in [4.78, 5) is 32.9. The summed E-state index contributed by atoms with van der Waals surface area (Å²) in [6.07, 6.45) is 9.45. The average Bonchev–Trinajstić information content (AvgIpc) is 3.33. The molecule has 0 aromatic carbocycles. The highest BCUT2D eigenvalue weighted by molar-refractivity contribution is 8.00. The van der Waals surface area contributed by atoms with Crippen LogP contribution in [0.4, 0.5) is 0 Å². The molecule has 2 aliphatic carbocycles. The minimum Gasteiger partial charge on any atom is -0.467 e. The molecule has 5 nitrogen and oxygen atoms in total. The van der Waals surface area contributed by atoms with E-state index in [2.05, 4.69) is 0 Å². The smallest absolute Gasteiger partial charge is 0.263 e. The number of aromatic nitrogens is 2. The van der Waals surface area contributed by atoms with Crippen LogP contribution in [0.5, 0.6) is 0 Å². The Hall–Kier alpha value is -1.86. The van der Waals surface area contributed by atoms with Gasteiger partial charge in [0, 0.05) is 11.3 Å². The summed E-state index contributed by atoms with van der Waals surface area (Å²) >= 11 is 3.12. The number of carbonyl (C=O) groups excluding carboxylic acids is 1. The summed E-state index contributed by atoms with van der Waals surface area (Å²) in [6, 6.07) is 3.70. The van der Waals surface area contributed by atoms with E-state index in [1.807, 2.05) is 12.1 Å². The second kappa shape index (κ2) is 7.52. The van der Waals surface area contributed by atoms with Crippen LogP contribution in [0.2, 0.25) is 0 Å². The quantitative estimate of drug-likeness (QED) is 0.585. The van der Waals surface area contributed by atoms with Gasteiger partial charge in [0.05, 0.1) is 23.4 Å². The van der Waals surface area contributed by atoms with Crippen molar-refractivity contribution in [1.29, 1.82) is 0 Å². The van der Waals surface area contributed by atoms with Gasteiger partial charge >= 0.3 is 0 Å². The third kappa shape index (κ3) is 3.24. The van der Waals surface area contributed by atoms with Gasteiger partial charge < -0.3 is 4.42 Å². The molecule has 0 saturated heterocycles. The van der Waals surface area contributed by atoms with E-state index < -0.39 is 0 Å². The molecule has 0 radical (unpaired) electrons. The molecule has 0 N–H and O–H groups in total. The number of thiophene rings is 1. The van der Waals surface area contributed by atoms with Crippen LogP contribution in [0.15, 0.2) is 32.8 Å². The maximum absolute atomic E-state index is 13.5. The molecule has 1 atom stereocenters. The van der Waals surface area contributed by atoms with Crippen molar-refractivity contribution in [3.05, 3.63) is 45.0 Å². The predicted octanol–water partition coefficient (Wildman–Crippen LogP) is 4.58. The molecule has 1 fully saturated rings. The average molecular weight is 415 g/mol. The Morgan fingerprint density at radius 2 is 2.04 bits per heavy atom. The van der Waals surface area contributed by atoms with E-state index in [0.717, 1.165) is 54.5 Å². The Balaban J connectivity index is 1.64. The summed E-state index contributed by atoms with van der Waals surface area (Å²) in [7, 11) is 0. The number of carbonyl (C=O) groups is 1.